The van der Waals surface area contributed by atoms with Gasteiger partial charge in [0.05, 0.1) is 0 Å². The van der Waals surface area contributed by atoms with Crippen LogP contribution >= 0.6 is 0 Å². The van der Waals surface area contributed by atoms with Crippen LogP contribution in [0.2, 0.25) is 0 Å². The first-order valence-electron chi connectivity index (χ1n) is 7.26. The minimum atomic E-state index is 0.262. The van der Waals surface area contributed by atoms with Crippen molar-refractivity contribution >= 4 is 11.6 Å². The van der Waals surface area contributed by atoms with Gasteiger partial charge in [-0.3, -0.25) is 4.79 Å². The highest BCUT2D eigenvalue weighted by Crippen LogP contribution is 2.21. The average Bonchev–Trinajstić information content (AvgIpc) is 2.80. The number of carbonyl (C=O) groups excluding carboxylic acids is 1. The maximum Gasteiger partial charge on any atom is 0.222 e. The molecule has 0 spiro atoms. The first-order chi connectivity index (χ1) is 9.47. The minimum absolute atomic E-state index is 0.262. The van der Waals surface area contributed by atoms with E-state index in [1.54, 1.807) is 0 Å². The molecular weight excluding hydrogens is 250 g/mol. The Balaban J connectivity index is 1.85. The van der Waals surface area contributed by atoms with Crippen molar-refractivity contribution < 1.29 is 4.79 Å². The lowest BCUT2D eigenvalue weighted by Gasteiger charge is -2.22. The third kappa shape index (κ3) is 3.51. The van der Waals surface area contributed by atoms with Gasteiger partial charge in [-0.15, -0.1) is 0 Å². The fourth-order valence-electron chi connectivity index (χ4n) is 2.92. The summed E-state index contributed by atoms with van der Waals surface area (Å²) in [5.41, 5.74) is 7.60. The minimum Gasteiger partial charge on any atom is -0.399 e. The highest BCUT2D eigenvalue weighted by atomic mass is 16.2. The highest BCUT2D eigenvalue weighted by molar-refractivity contribution is 5.76. The van der Waals surface area contributed by atoms with Crippen LogP contribution in [0, 0.1) is 5.92 Å². The second-order valence-electron chi connectivity index (χ2n) is 6.05. The summed E-state index contributed by atoms with van der Waals surface area (Å²) in [7, 11) is 4.17. The molecule has 1 heterocycles. The van der Waals surface area contributed by atoms with Crippen LogP contribution in [0.3, 0.4) is 0 Å². The number of rotatable bonds is 4. The van der Waals surface area contributed by atoms with Crippen LogP contribution in [-0.2, 0) is 11.2 Å². The van der Waals surface area contributed by atoms with E-state index in [9.17, 15) is 4.79 Å². The molecule has 0 bridgehead atoms. The number of nitrogens with two attached hydrogens (primary N) is 1. The molecule has 20 heavy (non-hydrogen) atoms. The quantitative estimate of drug-likeness (QED) is 0.849. The molecule has 1 aliphatic heterocycles. The zero-order valence-electron chi connectivity index (χ0n) is 12.7. The summed E-state index contributed by atoms with van der Waals surface area (Å²) < 4.78 is 0. The highest BCUT2D eigenvalue weighted by Gasteiger charge is 2.33. The maximum atomic E-state index is 12.3. The number of nitrogen functional groups attached to an aromatic ring is 1. The predicted molar refractivity (Wildman–Crippen MR) is 82.4 cm³/mol. The van der Waals surface area contributed by atoms with E-state index in [0.717, 1.165) is 25.2 Å². The van der Waals surface area contributed by atoms with Gasteiger partial charge in [-0.25, -0.2) is 0 Å². The molecule has 2 N–H and O–H groups in total. The van der Waals surface area contributed by atoms with E-state index in [1.807, 2.05) is 29.2 Å². The molecule has 2 unspecified atom stereocenters. The lowest BCUT2D eigenvalue weighted by molar-refractivity contribution is -0.130. The number of carbonyl (C=O) groups is 1. The summed E-state index contributed by atoms with van der Waals surface area (Å²) in [6, 6.07) is 8.26. The Labute approximate surface area is 121 Å². The molecule has 0 saturated carbocycles. The number of hydrogen-bond acceptors (Lipinski definition) is 3. The third-order valence-electron chi connectivity index (χ3n) is 4.20. The van der Waals surface area contributed by atoms with Crippen molar-refractivity contribution in [3.63, 3.8) is 0 Å². The Hall–Kier alpha value is -1.55. The van der Waals surface area contributed by atoms with Crippen molar-refractivity contribution in [3.05, 3.63) is 29.8 Å². The number of hydrogen-bond donors (Lipinski definition) is 1. The van der Waals surface area contributed by atoms with Crippen molar-refractivity contribution in [2.45, 2.75) is 25.8 Å². The Morgan fingerprint density at radius 2 is 1.95 bits per heavy atom. The largest absolute Gasteiger partial charge is 0.399 e. The summed E-state index contributed by atoms with van der Waals surface area (Å²) in [6.07, 6.45) is 1.37. The molecule has 0 aliphatic carbocycles. The predicted octanol–water partition coefficient (Wildman–Crippen LogP) is 1.61. The summed E-state index contributed by atoms with van der Waals surface area (Å²) in [4.78, 5) is 16.5. The van der Waals surface area contributed by atoms with Gasteiger partial charge in [-0.1, -0.05) is 19.1 Å². The smallest absolute Gasteiger partial charge is 0.222 e. The fourth-order valence-corrected chi connectivity index (χ4v) is 2.92. The van der Waals surface area contributed by atoms with E-state index >= 15 is 0 Å². The molecule has 1 fully saturated rings. The molecule has 0 radical (unpaired) electrons. The third-order valence-corrected chi connectivity index (χ3v) is 4.20. The molecule has 1 saturated heterocycles. The summed E-state index contributed by atoms with van der Waals surface area (Å²) in [5, 5.41) is 0. The van der Waals surface area contributed by atoms with Gasteiger partial charge in [0.2, 0.25) is 5.91 Å². The molecule has 2 atom stereocenters. The molecule has 4 heteroatoms. The Morgan fingerprint density at radius 1 is 1.30 bits per heavy atom. The van der Waals surface area contributed by atoms with Gasteiger partial charge in [-0.05, 0) is 44.1 Å². The Bertz CT molecular complexity index is 455. The van der Waals surface area contributed by atoms with Gasteiger partial charge in [0.1, 0.15) is 0 Å². The van der Waals surface area contributed by atoms with Crippen molar-refractivity contribution in [3.8, 4) is 0 Å². The van der Waals surface area contributed by atoms with E-state index in [0.29, 0.717) is 18.4 Å². The van der Waals surface area contributed by atoms with Gasteiger partial charge in [0.25, 0.3) is 0 Å². The zero-order chi connectivity index (χ0) is 14.7. The molecule has 1 aromatic carbocycles. The fraction of sp³-hybridized carbons (Fsp3) is 0.562. The van der Waals surface area contributed by atoms with Crippen LogP contribution in [0.5, 0.6) is 0 Å². The van der Waals surface area contributed by atoms with Crippen LogP contribution in [0.1, 0.15) is 18.9 Å². The first-order valence-corrected chi connectivity index (χ1v) is 7.26. The summed E-state index contributed by atoms with van der Waals surface area (Å²) >= 11 is 0. The molecule has 110 valence electrons. The van der Waals surface area contributed by atoms with Crippen LogP contribution in [0.25, 0.3) is 0 Å². The molecule has 1 aliphatic rings. The maximum absolute atomic E-state index is 12.3. The van der Waals surface area contributed by atoms with Gasteiger partial charge >= 0.3 is 0 Å². The number of nitrogens with zero attached hydrogens (tertiary/aromatic N) is 2. The number of likely N-dealkylation sites (tertiary alicyclic amines) is 1. The Morgan fingerprint density at radius 3 is 2.50 bits per heavy atom. The van der Waals surface area contributed by atoms with E-state index in [4.69, 9.17) is 5.73 Å². The van der Waals surface area contributed by atoms with Crippen molar-refractivity contribution in [2.75, 3.05) is 32.9 Å². The SMILES string of the molecule is CC1CN(C(=O)CCc2ccc(N)cc2)CC1N(C)C. The number of aryl methyl sites for hydroxylation is 1. The van der Waals surface area contributed by atoms with Crippen molar-refractivity contribution in [1.82, 2.24) is 9.80 Å². The van der Waals surface area contributed by atoms with Gasteiger partial charge in [0, 0.05) is 31.2 Å². The van der Waals surface area contributed by atoms with E-state index in [-0.39, 0.29) is 5.91 Å². The second kappa shape index (κ2) is 6.27. The van der Waals surface area contributed by atoms with Gasteiger partial charge in [-0.2, -0.15) is 0 Å². The number of likely N-dealkylation sites (N-methyl/N-ethyl adjacent to an activating group) is 1. The molecule has 0 aromatic heterocycles. The second-order valence-corrected chi connectivity index (χ2v) is 6.05. The van der Waals surface area contributed by atoms with Gasteiger partial charge in [0.15, 0.2) is 0 Å². The van der Waals surface area contributed by atoms with Gasteiger partial charge < -0.3 is 15.5 Å². The van der Waals surface area contributed by atoms with Crippen LogP contribution in [-0.4, -0.2) is 48.9 Å². The Kier molecular flexibility index (Phi) is 4.65. The van der Waals surface area contributed by atoms with E-state index in [1.165, 1.54) is 5.56 Å². The van der Waals surface area contributed by atoms with Crippen molar-refractivity contribution in [1.29, 1.82) is 0 Å². The van der Waals surface area contributed by atoms with Crippen LogP contribution in [0.15, 0.2) is 24.3 Å². The topological polar surface area (TPSA) is 49.6 Å². The molecule has 1 aromatic rings. The number of benzene rings is 1. The molecule has 2 rings (SSSR count). The normalized spacial score (nSPS) is 22.5. The lowest BCUT2D eigenvalue weighted by atomic mass is 10.1. The molecule has 1 amide bonds. The summed E-state index contributed by atoms with van der Waals surface area (Å²) in [5.74, 6) is 0.809. The van der Waals surface area contributed by atoms with Crippen LogP contribution in [0.4, 0.5) is 5.69 Å². The summed E-state index contributed by atoms with van der Waals surface area (Å²) in [6.45, 7) is 3.95. The standard InChI is InChI=1S/C16H25N3O/c1-12-10-19(11-15(12)18(2)3)16(20)9-6-13-4-7-14(17)8-5-13/h4-5,7-8,12,15H,6,9-11,17H2,1-3H3. The lowest BCUT2D eigenvalue weighted by Crippen LogP contribution is -2.35. The van der Waals surface area contributed by atoms with Crippen molar-refractivity contribution in [2.24, 2.45) is 5.92 Å². The molecular formula is C16H25N3O. The monoisotopic (exact) mass is 275 g/mol. The van der Waals surface area contributed by atoms with E-state index < -0.39 is 0 Å². The number of amides is 1. The van der Waals surface area contributed by atoms with E-state index in [2.05, 4.69) is 25.9 Å². The average molecular weight is 275 g/mol. The zero-order valence-corrected chi connectivity index (χ0v) is 12.7. The number of anilines is 1. The van der Waals surface area contributed by atoms with Crippen LogP contribution < -0.4 is 5.73 Å². The molecule has 4 nitrogen and oxygen atoms in total. The first kappa shape index (κ1) is 14.9.